The third kappa shape index (κ3) is 6.66. The fraction of sp³-hybridized carbons (Fsp3) is 0.375. The number of hydrogen-bond acceptors (Lipinski definition) is 6. The zero-order valence-electron chi connectivity index (χ0n) is 19.0. The number of carbonyl (C=O) groups excluding carboxylic acids is 1. The van der Waals surface area contributed by atoms with Gasteiger partial charge in [-0.2, -0.15) is 5.10 Å². The predicted molar refractivity (Wildman–Crippen MR) is 127 cm³/mol. The summed E-state index contributed by atoms with van der Waals surface area (Å²) in [6.45, 7) is 6.27. The number of pyridine rings is 1. The normalized spacial score (nSPS) is 16.0. The van der Waals surface area contributed by atoms with Crippen molar-refractivity contribution in [3.63, 3.8) is 0 Å². The number of carbonyl (C=O) groups is 1. The summed E-state index contributed by atoms with van der Waals surface area (Å²) in [4.78, 5) is 15.8. The fourth-order valence-electron chi connectivity index (χ4n) is 3.40. The molecule has 3 aromatic rings. The predicted octanol–water partition coefficient (Wildman–Crippen LogP) is 4.12. The van der Waals surface area contributed by atoms with Gasteiger partial charge in [0.25, 0.3) is 0 Å². The van der Waals surface area contributed by atoms with E-state index in [1.54, 1.807) is 12.4 Å². The maximum Gasteiger partial charge on any atom is 0.220 e. The molecule has 0 aliphatic carbocycles. The second kappa shape index (κ2) is 11.1. The number of ether oxygens (including phenoxy) is 3. The van der Waals surface area contributed by atoms with Gasteiger partial charge in [0.2, 0.25) is 5.91 Å². The van der Waals surface area contributed by atoms with Crippen molar-refractivity contribution in [2.24, 2.45) is 0 Å². The van der Waals surface area contributed by atoms with Crippen LogP contribution in [0.15, 0.2) is 54.9 Å². The van der Waals surface area contributed by atoms with Crippen LogP contribution in [0.1, 0.15) is 12.8 Å². The first-order valence-corrected chi connectivity index (χ1v) is 13.8. The van der Waals surface area contributed by atoms with Gasteiger partial charge in [0.05, 0.1) is 24.1 Å². The molecule has 9 heteroatoms. The van der Waals surface area contributed by atoms with Gasteiger partial charge in [-0.25, -0.2) is 4.68 Å². The molecule has 1 fully saturated rings. The van der Waals surface area contributed by atoms with Gasteiger partial charge < -0.3 is 19.5 Å². The van der Waals surface area contributed by atoms with E-state index in [2.05, 4.69) is 28.5 Å². The van der Waals surface area contributed by atoms with Crippen molar-refractivity contribution < 1.29 is 19.0 Å². The number of amides is 1. The van der Waals surface area contributed by atoms with Gasteiger partial charge in [-0.05, 0) is 54.9 Å². The van der Waals surface area contributed by atoms with E-state index in [0.29, 0.717) is 31.2 Å². The number of hydrogen-bond donors (Lipinski definition) is 1. The molecule has 0 bridgehead atoms. The van der Waals surface area contributed by atoms with Crippen molar-refractivity contribution in [3.05, 3.63) is 54.9 Å². The third-order valence-electron chi connectivity index (χ3n) is 5.26. The molecule has 4 rings (SSSR count). The molecule has 1 N–H and O–H groups in total. The quantitative estimate of drug-likeness (QED) is 0.358. The minimum atomic E-state index is -0.280. The third-order valence-corrected chi connectivity index (χ3v) is 6.46. The lowest BCUT2D eigenvalue weighted by atomic mass is 10.1. The Kier molecular flexibility index (Phi) is 7.74. The summed E-state index contributed by atoms with van der Waals surface area (Å²) in [7, 11) is -0.280. The zero-order chi connectivity index (χ0) is 23.0. The average Bonchev–Trinajstić information content (AvgIpc) is 3.28. The molecule has 1 aliphatic rings. The molecule has 0 spiro atoms. The molecule has 33 heavy (non-hydrogen) atoms. The highest BCUT2D eigenvalue weighted by molar-refractivity contribution is 6.55. The van der Waals surface area contributed by atoms with E-state index in [1.807, 2.05) is 47.1 Å². The molecule has 1 atom stereocenters. The first-order chi connectivity index (χ1) is 16.1. The number of rotatable bonds is 10. The Labute approximate surface area is 195 Å². The van der Waals surface area contributed by atoms with Gasteiger partial charge in [0.15, 0.2) is 0 Å². The van der Waals surface area contributed by atoms with Crippen LogP contribution in [0.4, 0.5) is 0 Å². The van der Waals surface area contributed by atoms with Crippen molar-refractivity contribution >= 4 is 14.7 Å². The SMILES string of the molecule is C[Si](C)CCOCn1nccc1-c1ccc(Oc2ccc(O[C@@H]3CCC(=O)NC3)cc2)cn1. The van der Waals surface area contributed by atoms with Gasteiger partial charge in [0.1, 0.15) is 30.1 Å². The highest BCUT2D eigenvalue weighted by atomic mass is 28.3. The standard InChI is InChI=1S/C24H29N4O4Si/c1-33(2)14-13-30-17-28-23(11-12-27-28)22-9-7-20(15-25-22)31-18-3-5-19(6-4-18)32-21-8-10-24(29)26-16-21/h3-7,9,11-12,15,21H,8,10,13-14,16-17H2,1-2H3,(H,26,29)/t21-/m1/s1. The number of nitrogens with one attached hydrogen (secondary N) is 1. The lowest BCUT2D eigenvalue weighted by Gasteiger charge is -2.23. The zero-order valence-corrected chi connectivity index (χ0v) is 20.0. The Morgan fingerprint density at radius 3 is 2.58 bits per heavy atom. The van der Waals surface area contributed by atoms with Crippen molar-refractivity contribution in [1.82, 2.24) is 20.1 Å². The minimum Gasteiger partial charge on any atom is -0.489 e. The number of benzene rings is 1. The van der Waals surface area contributed by atoms with Gasteiger partial charge in [-0.15, -0.1) is 0 Å². The molecule has 0 unspecified atom stereocenters. The molecule has 173 valence electrons. The van der Waals surface area contributed by atoms with Crippen LogP contribution in [0.25, 0.3) is 11.4 Å². The molecular formula is C24H29N4O4Si. The van der Waals surface area contributed by atoms with Crippen LogP contribution in [0.3, 0.4) is 0 Å². The molecule has 1 radical (unpaired) electrons. The molecule has 1 aromatic carbocycles. The van der Waals surface area contributed by atoms with E-state index in [4.69, 9.17) is 14.2 Å². The van der Waals surface area contributed by atoms with Crippen molar-refractivity contribution in [2.75, 3.05) is 13.2 Å². The smallest absolute Gasteiger partial charge is 0.220 e. The second-order valence-electron chi connectivity index (χ2n) is 8.25. The lowest BCUT2D eigenvalue weighted by Crippen LogP contribution is -2.40. The fourth-order valence-corrected chi connectivity index (χ4v) is 3.95. The first-order valence-electron chi connectivity index (χ1n) is 11.1. The van der Waals surface area contributed by atoms with Gasteiger partial charge in [-0.3, -0.25) is 9.78 Å². The van der Waals surface area contributed by atoms with Crippen LogP contribution in [-0.2, 0) is 16.3 Å². The molecule has 1 aliphatic heterocycles. The van der Waals surface area contributed by atoms with E-state index in [0.717, 1.165) is 36.2 Å². The topological polar surface area (TPSA) is 87.5 Å². The molecule has 1 amide bonds. The van der Waals surface area contributed by atoms with Gasteiger partial charge in [0, 0.05) is 28.0 Å². The van der Waals surface area contributed by atoms with Gasteiger partial charge >= 0.3 is 0 Å². The summed E-state index contributed by atoms with van der Waals surface area (Å²) in [6.07, 6.45) is 4.69. The van der Waals surface area contributed by atoms with Crippen LogP contribution < -0.4 is 14.8 Å². The monoisotopic (exact) mass is 465 g/mol. The lowest BCUT2D eigenvalue weighted by molar-refractivity contribution is -0.123. The molecule has 1 saturated heterocycles. The maximum absolute atomic E-state index is 11.3. The number of aromatic nitrogens is 3. The summed E-state index contributed by atoms with van der Waals surface area (Å²) in [5.41, 5.74) is 1.71. The van der Waals surface area contributed by atoms with Gasteiger partial charge in [-0.1, -0.05) is 13.1 Å². The largest absolute Gasteiger partial charge is 0.489 e. The van der Waals surface area contributed by atoms with E-state index < -0.39 is 0 Å². The minimum absolute atomic E-state index is 0.00149. The molecular weight excluding hydrogens is 436 g/mol. The second-order valence-corrected chi connectivity index (χ2v) is 11.2. The van der Waals surface area contributed by atoms with E-state index >= 15 is 0 Å². The van der Waals surface area contributed by atoms with E-state index in [9.17, 15) is 4.79 Å². The Morgan fingerprint density at radius 2 is 1.88 bits per heavy atom. The van der Waals surface area contributed by atoms with E-state index in [1.165, 1.54) is 0 Å². The summed E-state index contributed by atoms with van der Waals surface area (Å²) >= 11 is 0. The van der Waals surface area contributed by atoms with Crippen molar-refractivity contribution in [3.8, 4) is 28.6 Å². The van der Waals surface area contributed by atoms with Crippen LogP contribution in [0.2, 0.25) is 19.1 Å². The Morgan fingerprint density at radius 1 is 1.09 bits per heavy atom. The Balaban J connectivity index is 1.31. The van der Waals surface area contributed by atoms with Crippen LogP contribution in [0, 0.1) is 0 Å². The summed E-state index contributed by atoms with van der Waals surface area (Å²) in [5.74, 6) is 2.17. The van der Waals surface area contributed by atoms with Crippen molar-refractivity contribution in [1.29, 1.82) is 0 Å². The summed E-state index contributed by atoms with van der Waals surface area (Å²) in [5, 5.41) is 7.17. The van der Waals surface area contributed by atoms with Crippen LogP contribution >= 0.6 is 0 Å². The Hall–Kier alpha value is -3.17. The van der Waals surface area contributed by atoms with Crippen LogP contribution in [0.5, 0.6) is 17.2 Å². The first kappa shape index (κ1) is 23.0. The molecule has 3 heterocycles. The Bertz CT molecular complexity index is 1030. The highest BCUT2D eigenvalue weighted by Crippen LogP contribution is 2.26. The molecule has 8 nitrogen and oxygen atoms in total. The van der Waals surface area contributed by atoms with Crippen LogP contribution in [-0.4, -0.2) is 48.7 Å². The number of nitrogens with zero attached hydrogens (tertiary/aromatic N) is 3. The molecule has 0 saturated carbocycles. The highest BCUT2D eigenvalue weighted by Gasteiger charge is 2.19. The summed E-state index contributed by atoms with van der Waals surface area (Å²) in [6, 6.07) is 14.3. The van der Waals surface area contributed by atoms with E-state index in [-0.39, 0.29) is 20.8 Å². The average molecular weight is 466 g/mol. The van der Waals surface area contributed by atoms with Crippen molar-refractivity contribution in [2.45, 2.75) is 44.8 Å². The molecule has 2 aromatic heterocycles. The number of piperidine rings is 1. The summed E-state index contributed by atoms with van der Waals surface area (Å²) < 4.78 is 19.4. The maximum atomic E-state index is 11.3.